The standard InChI is InChI=1S/C29H28ClN5O2S/c1-18-15-22(19(2)35(18)24-16-20(30)12-13-25(24)37-3)28-27(23-11-7-8-14-31-23)33-29(38)34(28)17-26(36)32-21-9-5-4-6-10-21/h4-16,27-28H,17H2,1-3H3,(H,32,36)(H,33,38). The molecule has 1 amide bonds. The number of amides is 1. The number of halogens is 1. The van der Waals surface area contributed by atoms with E-state index in [0.29, 0.717) is 15.9 Å². The van der Waals surface area contributed by atoms with Gasteiger partial charge in [0.1, 0.15) is 12.3 Å². The van der Waals surface area contributed by atoms with Crippen molar-refractivity contribution < 1.29 is 9.53 Å². The Morgan fingerprint density at radius 1 is 1.11 bits per heavy atom. The summed E-state index contributed by atoms with van der Waals surface area (Å²) in [6.07, 6.45) is 1.77. The first-order valence-corrected chi connectivity index (χ1v) is 13.0. The lowest BCUT2D eigenvalue weighted by Gasteiger charge is -2.27. The Morgan fingerprint density at radius 3 is 2.58 bits per heavy atom. The zero-order valence-electron chi connectivity index (χ0n) is 21.3. The minimum absolute atomic E-state index is 0.0822. The number of nitrogens with one attached hydrogen (secondary N) is 2. The molecule has 4 aromatic rings. The number of benzene rings is 2. The van der Waals surface area contributed by atoms with E-state index in [0.717, 1.165) is 34.0 Å². The SMILES string of the molecule is COc1ccc(Cl)cc1-n1c(C)cc(C2C(c3ccccn3)NC(=S)N2CC(=O)Nc2ccccc2)c1C. The molecule has 1 aliphatic rings. The van der Waals surface area contributed by atoms with E-state index in [1.807, 2.05) is 78.6 Å². The number of nitrogens with zero attached hydrogens (tertiary/aromatic N) is 3. The summed E-state index contributed by atoms with van der Waals surface area (Å²) in [6.45, 7) is 4.18. The van der Waals surface area contributed by atoms with Crippen LogP contribution in [0.15, 0.2) is 79.0 Å². The number of aryl methyl sites for hydroxylation is 1. The highest BCUT2D eigenvalue weighted by molar-refractivity contribution is 7.80. The van der Waals surface area contributed by atoms with Gasteiger partial charge < -0.3 is 24.8 Å². The number of rotatable bonds is 7. The van der Waals surface area contributed by atoms with Crippen LogP contribution in [0, 0.1) is 13.8 Å². The van der Waals surface area contributed by atoms with Crippen LogP contribution in [0.2, 0.25) is 5.02 Å². The molecule has 9 heteroatoms. The molecule has 38 heavy (non-hydrogen) atoms. The number of carbonyl (C=O) groups excluding carboxylic acids is 1. The third kappa shape index (κ3) is 4.97. The second-order valence-electron chi connectivity index (χ2n) is 9.15. The van der Waals surface area contributed by atoms with Crippen LogP contribution >= 0.6 is 23.8 Å². The van der Waals surface area contributed by atoms with Gasteiger partial charge in [-0.25, -0.2) is 0 Å². The van der Waals surface area contributed by atoms with E-state index < -0.39 is 0 Å². The third-order valence-corrected chi connectivity index (χ3v) is 7.33. The Bertz CT molecular complexity index is 1480. The highest BCUT2D eigenvalue weighted by Crippen LogP contribution is 2.42. The number of ether oxygens (including phenoxy) is 1. The Kier molecular flexibility index (Phi) is 7.35. The van der Waals surface area contributed by atoms with E-state index in [1.54, 1.807) is 13.3 Å². The minimum atomic E-state index is -0.274. The van der Waals surface area contributed by atoms with Crippen LogP contribution in [0.1, 0.15) is 34.7 Å². The summed E-state index contributed by atoms with van der Waals surface area (Å²) >= 11 is 12.1. The molecule has 5 rings (SSSR count). The first kappa shape index (κ1) is 25.8. The first-order chi connectivity index (χ1) is 18.4. The van der Waals surface area contributed by atoms with Crippen molar-refractivity contribution in [1.82, 2.24) is 19.8 Å². The number of para-hydroxylation sites is 1. The number of hydrogen-bond donors (Lipinski definition) is 2. The molecule has 194 valence electrons. The van der Waals surface area contributed by atoms with Gasteiger partial charge in [-0.2, -0.15) is 0 Å². The van der Waals surface area contributed by atoms with Crippen LogP contribution in [0.5, 0.6) is 5.75 Å². The van der Waals surface area contributed by atoms with Crippen LogP contribution in [-0.4, -0.2) is 39.1 Å². The van der Waals surface area contributed by atoms with E-state index >= 15 is 0 Å². The molecular weight excluding hydrogens is 518 g/mol. The maximum Gasteiger partial charge on any atom is 0.244 e. The maximum atomic E-state index is 13.1. The fourth-order valence-electron chi connectivity index (χ4n) is 5.09. The molecule has 0 bridgehead atoms. The second-order valence-corrected chi connectivity index (χ2v) is 9.97. The van der Waals surface area contributed by atoms with Crippen molar-refractivity contribution in [3.63, 3.8) is 0 Å². The first-order valence-electron chi connectivity index (χ1n) is 12.2. The summed E-state index contributed by atoms with van der Waals surface area (Å²) in [5.41, 5.74) is 5.45. The van der Waals surface area contributed by atoms with Gasteiger partial charge in [-0.3, -0.25) is 9.78 Å². The fourth-order valence-corrected chi connectivity index (χ4v) is 5.56. The minimum Gasteiger partial charge on any atom is -0.495 e. The molecule has 0 saturated carbocycles. The molecule has 1 saturated heterocycles. The van der Waals surface area contributed by atoms with Gasteiger partial charge in [0.15, 0.2) is 5.11 Å². The number of anilines is 1. The number of thiocarbonyl (C=S) groups is 1. The summed E-state index contributed by atoms with van der Waals surface area (Å²) in [4.78, 5) is 19.7. The molecule has 0 spiro atoms. The molecule has 2 unspecified atom stereocenters. The molecule has 2 atom stereocenters. The van der Waals surface area contributed by atoms with Crippen molar-refractivity contribution in [3.8, 4) is 11.4 Å². The summed E-state index contributed by atoms with van der Waals surface area (Å²) in [6, 6.07) is 22.4. The quantitative estimate of drug-likeness (QED) is 0.288. The molecule has 0 aliphatic carbocycles. The van der Waals surface area contributed by atoms with Gasteiger partial charge in [-0.15, -0.1) is 0 Å². The maximum absolute atomic E-state index is 13.1. The van der Waals surface area contributed by atoms with Gasteiger partial charge in [0.25, 0.3) is 0 Å². The summed E-state index contributed by atoms with van der Waals surface area (Å²) < 4.78 is 7.78. The second kappa shape index (κ2) is 10.8. The molecule has 2 aromatic carbocycles. The van der Waals surface area contributed by atoms with Crippen LogP contribution in [0.25, 0.3) is 5.69 Å². The van der Waals surface area contributed by atoms with E-state index in [4.69, 9.17) is 28.6 Å². The molecule has 1 fully saturated rings. The van der Waals surface area contributed by atoms with Crippen molar-refractivity contribution >= 4 is 40.5 Å². The lowest BCUT2D eigenvalue weighted by Crippen LogP contribution is -2.37. The van der Waals surface area contributed by atoms with Crippen LogP contribution in [-0.2, 0) is 4.79 Å². The predicted octanol–water partition coefficient (Wildman–Crippen LogP) is 5.76. The highest BCUT2D eigenvalue weighted by Gasteiger charge is 2.42. The van der Waals surface area contributed by atoms with Gasteiger partial charge in [0, 0.05) is 28.3 Å². The molecule has 3 heterocycles. The van der Waals surface area contributed by atoms with Gasteiger partial charge >= 0.3 is 0 Å². The Labute approximate surface area is 232 Å². The van der Waals surface area contributed by atoms with Gasteiger partial charge in [-0.1, -0.05) is 35.9 Å². The van der Waals surface area contributed by atoms with Gasteiger partial charge in [-0.05, 0) is 80.2 Å². The lowest BCUT2D eigenvalue weighted by molar-refractivity contribution is -0.116. The van der Waals surface area contributed by atoms with Crippen LogP contribution in [0.3, 0.4) is 0 Å². The zero-order chi connectivity index (χ0) is 26.8. The lowest BCUT2D eigenvalue weighted by atomic mass is 9.96. The Morgan fingerprint density at radius 2 is 1.87 bits per heavy atom. The van der Waals surface area contributed by atoms with Crippen molar-refractivity contribution in [2.45, 2.75) is 25.9 Å². The molecule has 2 N–H and O–H groups in total. The van der Waals surface area contributed by atoms with E-state index in [1.165, 1.54) is 0 Å². The largest absolute Gasteiger partial charge is 0.495 e. The number of methoxy groups -OCH3 is 1. The van der Waals surface area contributed by atoms with Crippen molar-refractivity contribution in [1.29, 1.82) is 0 Å². The Hall–Kier alpha value is -3.88. The molecular formula is C29H28ClN5O2S. The molecule has 1 aliphatic heterocycles. The normalized spacial score (nSPS) is 16.8. The van der Waals surface area contributed by atoms with Gasteiger partial charge in [0.05, 0.1) is 30.6 Å². The Balaban J connectivity index is 1.57. The van der Waals surface area contributed by atoms with Crippen molar-refractivity contribution in [3.05, 3.63) is 107 Å². The van der Waals surface area contributed by atoms with E-state index in [9.17, 15) is 4.79 Å². The van der Waals surface area contributed by atoms with Crippen molar-refractivity contribution in [2.75, 3.05) is 19.0 Å². The van der Waals surface area contributed by atoms with Crippen LogP contribution in [0.4, 0.5) is 5.69 Å². The summed E-state index contributed by atoms with van der Waals surface area (Å²) in [7, 11) is 1.64. The number of hydrogen-bond acceptors (Lipinski definition) is 4. The predicted molar refractivity (Wildman–Crippen MR) is 154 cm³/mol. The van der Waals surface area contributed by atoms with E-state index in [2.05, 4.69) is 33.2 Å². The zero-order valence-corrected chi connectivity index (χ0v) is 22.9. The average molecular weight is 546 g/mol. The smallest absolute Gasteiger partial charge is 0.244 e. The van der Waals surface area contributed by atoms with Crippen LogP contribution < -0.4 is 15.4 Å². The summed E-state index contributed by atoms with van der Waals surface area (Å²) in [5, 5.41) is 7.51. The average Bonchev–Trinajstić information content (AvgIpc) is 3.39. The van der Waals surface area contributed by atoms with Gasteiger partial charge in [0.2, 0.25) is 5.91 Å². The third-order valence-electron chi connectivity index (χ3n) is 6.74. The molecule has 0 radical (unpaired) electrons. The topological polar surface area (TPSA) is 71.4 Å². The molecule has 2 aromatic heterocycles. The number of pyridine rings is 1. The molecule has 7 nitrogen and oxygen atoms in total. The number of aromatic nitrogens is 2. The number of carbonyl (C=O) groups is 1. The monoisotopic (exact) mass is 545 g/mol. The highest BCUT2D eigenvalue weighted by atomic mass is 35.5. The fraction of sp³-hybridized carbons (Fsp3) is 0.207. The van der Waals surface area contributed by atoms with E-state index in [-0.39, 0.29) is 24.5 Å². The van der Waals surface area contributed by atoms with Crippen molar-refractivity contribution in [2.24, 2.45) is 0 Å². The summed E-state index contributed by atoms with van der Waals surface area (Å²) in [5.74, 6) is 0.556.